The summed E-state index contributed by atoms with van der Waals surface area (Å²) in [5, 5.41) is 22.4. The van der Waals surface area contributed by atoms with Crippen molar-refractivity contribution in [1.82, 2.24) is 15.2 Å². The maximum Gasteiger partial charge on any atom is 0.326 e. The number of benzene rings is 3. The predicted molar refractivity (Wildman–Crippen MR) is 158 cm³/mol. The average molecular weight is 565 g/mol. The summed E-state index contributed by atoms with van der Waals surface area (Å²) in [4.78, 5) is 56.1. The summed E-state index contributed by atoms with van der Waals surface area (Å²) in [6.45, 7) is 3.76. The molecule has 2 amide bonds. The zero-order valence-corrected chi connectivity index (χ0v) is 23.7. The number of H-pyrrole nitrogens is 1. The molecule has 3 aromatic carbocycles. The van der Waals surface area contributed by atoms with Crippen molar-refractivity contribution in [2.75, 3.05) is 7.05 Å². The number of Topliss-reactive ketones (excluding diaryl/α,β-unsaturated/α-hetero) is 1. The van der Waals surface area contributed by atoms with Gasteiger partial charge in [0.2, 0.25) is 5.91 Å². The van der Waals surface area contributed by atoms with Crippen molar-refractivity contribution in [2.45, 2.75) is 45.2 Å². The van der Waals surface area contributed by atoms with E-state index in [9.17, 15) is 24.3 Å². The third-order valence-electron chi connectivity index (χ3n) is 7.22. The number of nitrogens with zero attached hydrogens (tertiary/aromatic N) is 2. The monoisotopic (exact) mass is 564 g/mol. The number of nitriles is 1. The standard InChI is InChI=1S/C33H32N4O5/c1-20-14-21(2)16-24(15-20)32(40)37(3)29(17-22-8-10-23(11-9-22)30(38)12-13-34)31(39)36-28(33(41)42)18-25-19-35-27-7-5-4-6-26(25)27/h4-11,14-16,19,28-29,35H,12,17-18H2,1-3H3,(H,36,39)(H,41,42)/t28-,29-/m0/s1. The van der Waals surface area contributed by atoms with Gasteiger partial charge in [-0.05, 0) is 43.2 Å². The minimum Gasteiger partial charge on any atom is -0.480 e. The van der Waals surface area contributed by atoms with E-state index in [0.717, 1.165) is 27.6 Å². The molecule has 0 unspecified atom stereocenters. The fourth-order valence-corrected chi connectivity index (χ4v) is 5.06. The Kier molecular flexibility index (Phi) is 9.18. The maximum atomic E-state index is 13.8. The zero-order valence-electron chi connectivity index (χ0n) is 23.7. The second-order valence-corrected chi connectivity index (χ2v) is 10.4. The van der Waals surface area contributed by atoms with E-state index in [1.807, 2.05) is 50.2 Å². The van der Waals surface area contributed by atoms with Crippen molar-refractivity contribution < 1.29 is 24.3 Å². The van der Waals surface area contributed by atoms with Gasteiger partial charge >= 0.3 is 5.97 Å². The Balaban J connectivity index is 1.62. The Morgan fingerprint density at radius 3 is 2.26 bits per heavy atom. The Morgan fingerprint density at radius 2 is 1.62 bits per heavy atom. The van der Waals surface area contributed by atoms with Gasteiger partial charge in [-0.15, -0.1) is 0 Å². The van der Waals surface area contributed by atoms with E-state index >= 15 is 0 Å². The van der Waals surface area contributed by atoms with Crippen LogP contribution in [0, 0.1) is 25.2 Å². The highest BCUT2D eigenvalue weighted by atomic mass is 16.4. The van der Waals surface area contributed by atoms with Crippen molar-refractivity contribution in [3.05, 3.63) is 106 Å². The molecule has 2 atom stereocenters. The predicted octanol–water partition coefficient (Wildman–Crippen LogP) is 4.38. The number of fused-ring (bicyclic) bond motifs is 1. The van der Waals surface area contributed by atoms with Gasteiger partial charge in [0.15, 0.2) is 5.78 Å². The number of para-hydroxylation sites is 1. The summed E-state index contributed by atoms with van der Waals surface area (Å²) in [7, 11) is 1.52. The molecular weight excluding hydrogens is 532 g/mol. The topological polar surface area (TPSA) is 143 Å². The minimum atomic E-state index is -1.24. The number of aryl methyl sites for hydroxylation is 2. The number of carboxylic acid groups (broad SMARTS) is 1. The van der Waals surface area contributed by atoms with E-state index in [-0.39, 0.29) is 31.0 Å². The van der Waals surface area contributed by atoms with E-state index in [4.69, 9.17) is 5.26 Å². The molecule has 0 aliphatic heterocycles. The minimum absolute atomic E-state index is 0.0439. The van der Waals surface area contributed by atoms with Crippen molar-refractivity contribution in [2.24, 2.45) is 0 Å². The molecule has 0 radical (unpaired) electrons. The number of carbonyl (C=O) groups excluding carboxylic acids is 3. The van der Waals surface area contributed by atoms with Crippen LogP contribution in [0.15, 0.2) is 72.9 Å². The van der Waals surface area contributed by atoms with Gasteiger partial charge in [0.25, 0.3) is 5.91 Å². The molecule has 1 aromatic heterocycles. The first-order valence-corrected chi connectivity index (χ1v) is 13.5. The van der Waals surface area contributed by atoms with Crippen molar-refractivity contribution in [3.8, 4) is 6.07 Å². The lowest BCUT2D eigenvalue weighted by molar-refractivity contribution is -0.142. The fourth-order valence-electron chi connectivity index (χ4n) is 5.06. The van der Waals surface area contributed by atoms with E-state index in [1.54, 1.807) is 42.6 Å². The van der Waals surface area contributed by atoms with Crippen LogP contribution in [0.25, 0.3) is 10.9 Å². The molecule has 9 nitrogen and oxygen atoms in total. The van der Waals surface area contributed by atoms with Crippen LogP contribution >= 0.6 is 0 Å². The molecule has 0 saturated heterocycles. The zero-order chi connectivity index (χ0) is 30.4. The van der Waals surface area contributed by atoms with E-state index in [2.05, 4.69) is 10.3 Å². The third-order valence-corrected chi connectivity index (χ3v) is 7.22. The number of carbonyl (C=O) groups is 4. The molecule has 42 heavy (non-hydrogen) atoms. The van der Waals surface area contributed by atoms with Gasteiger partial charge in [-0.25, -0.2) is 4.79 Å². The van der Waals surface area contributed by atoms with Gasteiger partial charge in [-0.1, -0.05) is 59.7 Å². The van der Waals surface area contributed by atoms with E-state index < -0.39 is 24.0 Å². The van der Waals surface area contributed by atoms with Crippen LogP contribution in [-0.4, -0.2) is 57.7 Å². The summed E-state index contributed by atoms with van der Waals surface area (Å²) in [6.07, 6.45) is 1.60. The summed E-state index contributed by atoms with van der Waals surface area (Å²) < 4.78 is 0. The number of likely N-dealkylation sites (N-methyl/N-ethyl adjacent to an activating group) is 1. The van der Waals surface area contributed by atoms with Crippen molar-refractivity contribution in [3.63, 3.8) is 0 Å². The van der Waals surface area contributed by atoms with E-state index in [0.29, 0.717) is 16.7 Å². The molecule has 214 valence electrons. The van der Waals surface area contributed by atoms with Crippen LogP contribution in [-0.2, 0) is 22.4 Å². The highest BCUT2D eigenvalue weighted by Gasteiger charge is 2.32. The molecule has 0 aliphatic rings. The quantitative estimate of drug-likeness (QED) is 0.231. The first-order chi connectivity index (χ1) is 20.1. The van der Waals surface area contributed by atoms with E-state index in [1.165, 1.54) is 11.9 Å². The number of amides is 2. The summed E-state index contributed by atoms with van der Waals surface area (Å²) in [5.74, 6) is -2.52. The second-order valence-electron chi connectivity index (χ2n) is 10.4. The molecule has 4 rings (SSSR count). The first kappa shape index (κ1) is 29.7. The lowest BCUT2D eigenvalue weighted by Gasteiger charge is -2.29. The molecule has 4 aromatic rings. The van der Waals surface area contributed by atoms with Gasteiger partial charge in [-0.3, -0.25) is 14.4 Å². The molecule has 3 N–H and O–H groups in total. The lowest BCUT2D eigenvalue weighted by Crippen LogP contribution is -2.53. The third kappa shape index (κ3) is 6.91. The van der Waals surface area contributed by atoms with Gasteiger partial charge in [-0.2, -0.15) is 5.26 Å². The molecular formula is C33H32N4O5. The number of aromatic nitrogens is 1. The number of carboxylic acids is 1. The number of rotatable bonds is 11. The fraction of sp³-hybridized carbons (Fsp3) is 0.242. The Labute approximate surface area is 243 Å². The average Bonchev–Trinajstić information content (AvgIpc) is 3.37. The Hall–Kier alpha value is -5.23. The molecule has 0 spiro atoms. The van der Waals surface area contributed by atoms with Crippen LogP contribution in [0.3, 0.4) is 0 Å². The SMILES string of the molecule is Cc1cc(C)cc(C(=O)N(C)[C@@H](Cc2ccc(C(=O)CC#N)cc2)C(=O)N[C@@H](Cc2c[nH]c3ccccc23)C(=O)O)c1. The van der Waals surface area contributed by atoms with Crippen LogP contribution < -0.4 is 5.32 Å². The Morgan fingerprint density at radius 1 is 0.952 bits per heavy atom. The highest BCUT2D eigenvalue weighted by molar-refractivity contribution is 5.99. The molecule has 0 aliphatic carbocycles. The largest absolute Gasteiger partial charge is 0.480 e. The first-order valence-electron chi connectivity index (χ1n) is 13.5. The summed E-state index contributed by atoms with van der Waals surface area (Å²) >= 11 is 0. The molecule has 9 heteroatoms. The number of ketones is 1. The Bertz CT molecular complexity index is 1660. The molecule has 0 fully saturated rings. The lowest BCUT2D eigenvalue weighted by atomic mass is 9.99. The number of aliphatic carboxylic acids is 1. The van der Waals surface area contributed by atoms with Gasteiger partial charge in [0, 0.05) is 48.1 Å². The van der Waals surface area contributed by atoms with Crippen molar-refractivity contribution >= 4 is 34.5 Å². The number of hydrogen-bond acceptors (Lipinski definition) is 5. The number of hydrogen-bond donors (Lipinski definition) is 3. The molecule has 1 heterocycles. The normalized spacial score (nSPS) is 12.2. The van der Waals surface area contributed by atoms with Crippen LogP contribution in [0.1, 0.15) is 49.4 Å². The van der Waals surface area contributed by atoms with Crippen LogP contribution in [0.2, 0.25) is 0 Å². The molecule has 0 bridgehead atoms. The maximum absolute atomic E-state index is 13.8. The van der Waals surface area contributed by atoms with Crippen LogP contribution in [0.4, 0.5) is 0 Å². The molecule has 0 saturated carbocycles. The van der Waals surface area contributed by atoms with Crippen molar-refractivity contribution in [1.29, 1.82) is 5.26 Å². The van der Waals surface area contributed by atoms with Gasteiger partial charge < -0.3 is 20.3 Å². The summed E-state index contributed by atoms with van der Waals surface area (Å²) in [5.41, 5.74) is 4.84. The van der Waals surface area contributed by atoms with Gasteiger partial charge in [0.1, 0.15) is 12.1 Å². The summed E-state index contributed by atoms with van der Waals surface area (Å²) in [6, 6.07) is 19.0. The number of nitrogens with one attached hydrogen (secondary N) is 2. The van der Waals surface area contributed by atoms with Gasteiger partial charge in [0.05, 0.1) is 12.5 Å². The number of aromatic amines is 1. The second kappa shape index (κ2) is 13.0. The smallest absolute Gasteiger partial charge is 0.326 e. The van der Waals surface area contributed by atoms with Crippen LogP contribution in [0.5, 0.6) is 0 Å². The highest BCUT2D eigenvalue weighted by Crippen LogP contribution is 2.20.